The molecule has 1 aliphatic heterocycles. The molecule has 96 valence electrons. The molecule has 1 aromatic carbocycles. The molecule has 0 saturated carbocycles. The monoisotopic (exact) mass is 274 g/mol. The van der Waals surface area contributed by atoms with Crippen LogP contribution in [0.4, 0.5) is 0 Å². The third-order valence-electron chi connectivity index (χ3n) is 2.43. The van der Waals surface area contributed by atoms with Crippen molar-refractivity contribution in [3.8, 4) is 11.8 Å². The van der Waals surface area contributed by atoms with Gasteiger partial charge in [0.05, 0.1) is 22.9 Å². The second-order valence-corrected chi connectivity index (χ2v) is 5.79. The van der Waals surface area contributed by atoms with E-state index in [1.165, 1.54) is 0 Å². The molecule has 6 nitrogen and oxygen atoms in total. The van der Waals surface area contributed by atoms with Crippen LogP contribution in [0.15, 0.2) is 45.3 Å². The molecule has 0 radical (unpaired) electrons. The predicted molar refractivity (Wildman–Crippen MR) is 71.5 cm³/mol. The molecule has 0 bridgehead atoms. The maximum atomic E-state index is 12.0. The van der Waals surface area contributed by atoms with E-state index in [1.54, 1.807) is 30.3 Å². The van der Waals surface area contributed by atoms with E-state index in [1.807, 2.05) is 0 Å². The summed E-state index contributed by atoms with van der Waals surface area (Å²) in [4.78, 5) is 6.84. The number of hydrogen-bond acceptors (Lipinski definition) is 4. The molecule has 0 N–H and O–H groups in total. The minimum Gasteiger partial charge on any atom is -0.267 e. The summed E-state index contributed by atoms with van der Waals surface area (Å²) in [5.74, 6) is 5.24. The van der Waals surface area contributed by atoms with Gasteiger partial charge in [-0.05, 0) is 17.7 Å². The van der Waals surface area contributed by atoms with Gasteiger partial charge >= 0.3 is 0 Å². The van der Waals surface area contributed by atoms with E-state index in [2.05, 4.69) is 26.9 Å². The van der Waals surface area contributed by atoms with Gasteiger partial charge in [0.15, 0.2) is 9.84 Å². The lowest BCUT2D eigenvalue weighted by Gasteiger charge is -1.99. The molecule has 1 aromatic rings. The third kappa shape index (κ3) is 3.58. The summed E-state index contributed by atoms with van der Waals surface area (Å²) in [5.41, 5.74) is 8.61. The molecule has 2 rings (SSSR count). The van der Waals surface area contributed by atoms with Crippen LogP contribution < -0.4 is 0 Å². The summed E-state index contributed by atoms with van der Waals surface area (Å²) >= 11 is 0. The topological polar surface area (TPSA) is 95.3 Å². The van der Waals surface area contributed by atoms with Gasteiger partial charge in [-0.2, -0.15) is 0 Å². The van der Waals surface area contributed by atoms with Crippen LogP contribution in [0, 0.1) is 11.8 Å². The molecule has 0 spiro atoms. The minimum atomic E-state index is -3.35. The first-order valence-electron chi connectivity index (χ1n) is 5.47. The number of aliphatic imine (C=N–C) groups is 1. The van der Waals surface area contributed by atoms with Crippen molar-refractivity contribution < 1.29 is 8.42 Å². The first-order valence-corrected chi connectivity index (χ1v) is 7.12. The fourth-order valence-corrected chi connectivity index (χ4v) is 2.84. The first-order chi connectivity index (χ1) is 9.13. The molecule has 1 aliphatic rings. The molecule has 0 aliphatic carbocycles. The Labute approximate surface area is 110 Å². The Hall–Kier alpha value is -2.29. The summed E-state index contributed by atoms with van der Waals surface area (Å²) in [6, 6.07) is 7.89. The van der Waals surface area contributed by atoms with E-state index in [9.17, 15) is 8.42 Å². The zero-order valence-corrected chi connectivity index (χ0v) is 10.7. The Morgan fingerprint density at radius 3 is 2.79 bits per heavy atom. The smallest absolute Gasteiger partial charge is 0.183 e. The van der Waals surface area contributed by atoms with E-state index in [4.69, 9.17) is 5.53 Å². The number of nitrogens with zero attached hydrogens (tertiary/aromatic N) is 4. The fraction of sp³-hybridized carbons (Fsp3) is 0.250. The van der Waals surface area contributed by atoms with Gasteiger partial charge < -0.3 is 0 Å². The van der Waals surface area contributed by atoms with Crippen molar-refractivity contribution in [1.82, 2.24) is 0 Å². The maximum Gasteiger partial charge on any atom is 0.183 e. The van der Waals surface area contributed by atoms with Crippen LogP contribution in [0.2, 0.25) is 0 Å². The normalized spacial score (nSPS) is 16.6. The summed E-state index contributed by atoms with van der Waals surface area (Å²) in [5, 5.41) is 3.26. The molecule has 0 fully saturated rings. The van der Waals surface area contributed by atoms with Crippen molar-refractivity contribution in [3.05, 3.63) is 40.8 Å². The summed E-state index contributed by atoms with van der Waals surface area (Å²) in [7, 11) is -3.35. The predicted octanol–water partition coefficient (Wildman–Crippen LogP) is 1.60. The Balaban J connectivity index is 1.95. The van der Waals surface area contributed by atoms with Gasteiger partial charge in [-0.1, -0.05) is 35.2 Å². The van der Waals surface area contributed by atoms with Crippen molar-refractivity contribution in [2.24, 2.45) is 10.1 Å². The van der Waals surface area contributed by atoms with Gasteiger partial charge in [0.1, 0.15) is 6.04 Å². The number of azide groups is 1. The summed E-state index contributed by atoms with van der Waals surface area (Å²) in [6.07, 6.45) is 0. The standard InChI is InChI=1S/C12H10N4O2S/c13-16-14-8-4-7-11-12(15-11)9-19(17,18)10-5-2-1-3-6-10/h1-3,5-6,11H,8-9H2. The lowest BCUT2D eigenvalue weighted by atomic mass is 10.3. The van der Waals surface area contributed by atoms with E-state index < -0.39 is 9.84 Å². The molecule has 0 aromatic heterocycles. The number of rotatable bonds is 4. The van der Waals surface area contributed by atoms with Gasteiger partial charge in [0.25, 0.3) is 0 Å². The van der Waals surface area contributed by atoms with E-state index in [-0.39, 0.29) is 23.2 Å². The number of benzene rings is 1. The van der Waals surface area contributed by atoms with Crippen molar-refractivity contribution >= 4 is 15.5 Å². The Kier molecular flexibility index (Phi) is 3.85. The highest BCUT2D eigenvalue weighted by molar-refractivity contribution is 7.92. The largest absolute Gasteiger partial charge is 0.267 e. The Morgan fingerprint density at radius 1 is 1.37 bits per heavy atom. The highest BCUT2D eigenvalue weighted by Crippen LogP contribution is 2.17. The molecule has 1 atom stereocenters. The van der Waals surface area contributed by atoms with Gasteiger partial charge in [-0.15, -0.1) is 0 Å². The van der Waals surface area contributed by atoms with Crippen molar-refractivity contribution in [2.75, 3.05) is 12.3 Å². The molecule has 0 saturated heterocycles. The Bertz CT molecular complexity index is 707. The van der Waals surface area contributed by atoms with Gasteiger partial charge in [-0.25, -0.2) is 8.42 Å². The average molecular weight is 274 g/mol. The molecule has 7 heteroatoms. The molecule has 1 unspecified atom stereocenters. The lowest BCUT2D eigenvalue weighted by molar-refractivity contribution is 0.600. The molecule has 19 heavy (non-hydrogen) atoms. The van der Waals surface area contributed by atoms with E-state index >= 15 is 0 Å². The van der Waals surface area contributed by atoms with Crippen LogP contribution in [0.25, 0.3) is 10.4 Å². The maximum absolute atomic E-state index is 12.0. The first kappa shape index (κ1) is 13.1. The van der Waals surface area contributed by atoms with Crippen LogP contribution >= 0.6 is 0 Å². The molecule has 0 amide bonds. The van der Waals surface area contributed by atoms with Crippen LogP contribution in [-0.2, 0) is 9.84 Å². The SMILES string of the molecule is [N-]=[N+]=NCC#CC1N=C1CS(=O)(=O)c1ccccc1. The van der Waals surface area contributed by atoms with E-state index in [0.29, 0.717) is 5.71 Å². The number of hydrogen-bond donors (Lipinski definition) is 0. The second-order valence-electron chi connectivity index (χ2n) is 3.81. The van der Waals surface area contributed by atoms with Gasteiger partial charge in [0, 0.05) is 4.91 Å². The van der Waals surface area contributed by atoms with Gasteiger partial charge in [-0.3, -0.25) is 4.99 Å². The van der Waals surface area contributed by atoms with Crippen molar-refractivity contribution in [2.45, 2.75) is 10.9 Å². The van der Waals surface area contributed by atoms with Crippen LogP contribution in [0.1, 0.15) is 0 Å². The number of sulfone groups is 1. The van der Waals surface area contributed by atoms with Crippen LogP contribution in [0.5, 0.6) is 0 Å². The molecular formula is C12H10N4O2S. The lowest BCUT2D eigenvalue weighted by Crippen LogP contribution is -2.13. The van der Waals surface area contributed by atoms with Crippen LogP contribution in [0.3, 0.4) is 0 Å². The Morgan fingerprint density at radius 2 is 2.11 bits per heavy atom. The third-order valence-corrected chi connectivity index (χ3v) is 4.10. The summed E-state index contributed by atoms with van der Waals surface area (Å²) in [6.45, 7) is 0.0707. The van der Waals surface area contributed by atoms with Crippen molar-refractivity contribution in [1.29, 1.82) is 0 Å². The van der Waals surface area contributed by atoms with Gasteiger partial charge in [0.2, 0.25) is 0 Å². The summed E-state index contributed by atoms with van der Waals surface area (Å²) < 4.78 is 24.0. The fourth-order valence-electron chi connectivity index (χ4n) is 1.48. The average Bonchev–Trinajstić information content (AvgIpc) is 3.13. The second kappa shape index (κ2) is 5.57. The minimum absolute atomic E-state index is 0.0707. The van der Waals surface area contributed by atoms with E-state index in [0.717, 1.165) is 0 Å². The molecular weight excluding hydrogens is 264 g/mol. The quantitative estimate of drug-likeness (QED) is 0.361. The highest BCUT2D eigenvalue weighted by atomic mass is 32.2. The zero-order valence-electron chi connectivity index (χ0n) is 9.89. The van der Waals surface area contributed by atoms with Crippen molar-refractivity contribution in [3.63, 3.8) is 0 Å². The van der Waals surface area contributed by atoms with Crippen LogP contribution in [-0.4, -0.2) is 32.5 Å². The zero-order chi connectivity index (χ0) is 13.7. The molecule has 1 heterocycles. The highest BCUT2D eigenvalue weighted by Gasteiger charge is 2.30.